The van der Waals surface area contributed by atoms with Gasteiger partial charge in [-0.25, -0.2) is 9.48 Å². The van der Waals surface area contributed by atoms with E-state index in [4.69, 9.17) is 4.74 Å². The van der Waals surface area contributed by atoms with Crippen molar-refractivity contribution in [2.75, 3.05) is 25.5 Å². The summed E-state index contributed by atoms with van der Waals surface area (Å²) in [5.41, 5.74) is 1.22. The van der Waals surface area contributed by atoms with E-state index in [1.54, 1.807) is 12.1 Å². The van der Waals surface area contributed by atoms with Gasteiger partial charge in [0.25, 0.3) is 11.5 Å². The molecule has 0 bridgehead atoms. The van der Waals surface area contributed by atoms with E-state index in [2.05, 4.69) is 10.4 Å². The first-order valence-corrected chi connectivity index (χ1v) is 8.08. The van der Waals surface area contributed by atoms with Crippen molar-refractivity contribution in [2.45, 2.75) is 6.92 Å². The summed E-state index contributed by atoms with van der Waals surface area (Å²) < 4.78 is 5.87. The van der Waals surface area contributed by atoms with Gasteiger partial charge >= 0.3 is 5.97 Å². The van der Waals surface area contributed by atoms with Crippen LogP contribution in [0.3, 0.4) is 0 Å². The van der Waals surface area contributed by atoms with Crippen LogP contribution in [0.2, 0.25) is 0 Å². The summed E-state index contributed by atoms with van der Waals surface area (Å²) in [5.74, 6) is -1.76. The van der Waals surface area contributed by atoms with Gasteiger partial charge in [0.2, 0.25) is 5.91 Å². The Kier molecular flexibility index (Phi) is 6.42. The fourth-order valence-corrected chi connectivity index (χ4v) is 2.06. The molecule has 0 spiro atoms. The molecule has 2 amide bonds. The Bertz CT molecular complexity index is 905. The second-order valence-corrected chi connectivity index (χ2v) is 5.92. The number of anilines is 1. The summed E-state index contributed by atoms with van der Waals surface area (Å²) in [4.78, 5) is 48.3. The Labute approximate surface area is 155 Å². The van der Waals surface area contributed by atoms with Crippen LogP contribution in [-0.4, -0.2) is 52.7 Å². The maximum Gasteiger partial charge on any atom is 0.359 e. The maximum atomic E-state index is 12.0. The van der Waals surface area contributed by atoms with Crippen molar-refractivity contribution in [3.8, 4) is 0 Å². The molecule has 9 heteroatoms. The Hall–Kier alpha value is -3.49. The van der Waals surface area contributed by atoms with Gasteiger partial charge < -0.3 is 15.0 Å². The lowest BCUT2D eigenvalue weighted by molar-refractivity contribution is -0.136. The number of ether oxygens (including phenoxy) is 1. The molecular weight excluding hydrogens is 352 g/mol. The molecule has 1 N–H and O–H groups in total. The number of hydrogen-bond acceptors (Lipinski definition) is 6. The van der Waals surface area contributed by atoms with Gasteiger partial charge in [0, 0.05) is 25.8 Å². The minimum absolute atomic E-state index is 0.0929. The molecule has 1 heterocycles. The first kappa shape index (κ1) is 19.8. The molecule has 0 saturated heterocycles. The average Bonchev–Trinajstić information content (AvgIpc) is 2.63. The van der Waals surface area contributed by atoms with E-state index < -0.39 is 18.5 Å². The molecule has 0 saturated carbocycles. The summed E-state index contributed by atoms with van der Waals surface area (Å²) in [5, 5.41) is 6.41. The average molecular weight is 372 g/mol. The molecule has 27 heavy (non-hydrogen) atoms. The number of likely N-dealkylation sites (N-methyl/N-ethyl adjacent to an activating group) is 1. The van der Waals surface area contributed by atoms with E-state index >= 15 is 0 Å². The lowest BCUT2D eigenvalue weighted by atomic mass is 10.2. The SMILES string of the molecule is Cc1ccc(NC(=O)CN(C)C(=O)COC(=O)c2ccc(=O)n(C)n2)cc1. The summed E-state index contributed by atoms with van der Waals surface area (Å²) in [6, 6.07) is 9.63. The minimum atomic E-state index is -0.837. The second kappa shape index (κ2) is 8.75. The van der Waals surface area contributed by atoms with Gasteiger partial charge in [-0.3, -0.25) is 14.4 Å². The van der Waals surface area contributed by atoms with Crippen LogP contribution < -0.4 is 10.9 Å². The Balaban J connectivity index is 1.83. The standard InChI is InChI=1S/C18H20N4O5/c1-12-4-6-13(7-5-12)19-15(23)10-21(2)17(25)11-27-18(26)14-8-9-16(24)22(3)20-14/h4-9H,10-11H2,1-3H3,(H,19,23). The molecule has 0 radical (unpaired) electrons. The van der Waals surface area contributed by atoms with Crippen molar-refractivity contribution in [2.24, 2.45) is 7.05 Å². The number of hydrogen-bond donors (Lipinski definition) is 1. The normalized spacial score (nSPS) is 10.2. The fourth-order valence-electron chi connectivity index (χ4n) is 2.06. The van der Waals surface area contributed by atoms with Crippen LogP contribution in [0.4, 0.5) is 5.69 Å². The number of aromatic nitrogens is 2. The minimum Gasteiger partial charge on any atom is -0.451 e. The van der Waals surface area contributed by atoms with E-state index in [0.29, 0.717) is 5.69 Å². The van der Waals surface area contributed by atoms with Crippen LogP contribution in [0.15, 0.2) is 41.2 Å². The molecule has 2 aromatic rings. The Morgan fingerprint density at radius 1 is 1.15 bits per heavy atom. The highest BCUT2D eigenvalue weighted by Crippen LogP contribution is 2.08. The highest BCUT2D eigenvalue weighted by Gasteiger charge is 2.17. The zero-order chi connectivity index (χ0) is 20.0. The van der Waals surface area contributed by atoms with Gasteiger partial charge in [0.05, 0.1) is 6.54 Å². The molecule has 0 fully saturated rings. The monoisotopic (exact) mass is 372 g/mol. The highest BCUT2D eigenvalue weighted by atomic mass is 16.5. The number of esters is 1. The third-order valence-corrected chi connectivity index (χ3v) is 3.64. The Morgan fingerprint density at radius 2 is 1.81 bits per heavy atom. The molecule has 2 rings (SSSR count). The third kappa shape index (κ3) is 5.77. The summed E-state index contributed by atoms with van der Waals surface area (Å²) in [6.07, 6.45) is 0. The Morgan fingerprint density at radius 3 is 2.44 bits per heavy atom. The first-order valence-electron chi connectivity index (χ1n) is 8.08. The number of rotatable bonds is 6. The number of carbonyl (C=O) groups excluding carboxylic acids is 3. The van der Waals surface area contributed by atoms with Crippen molar-refractivity contribution in [1.29, 1.82) is 0 Å². The summed E-state index contributed by atoms with van der Waals surface area (Å²) in [7, 11) is 2.82. The van der Waals surface area contributed by atoms with Gasteiger partial charge in [-0.2, -0.15) is 5.10 Å². The van der Waals surface area contributed by atoms with Gasteiger partial charge in [-0.1, -0.05) is 17.7 Å². The molecule has 0 unspecified atom stereocenters. The van der Waals surface area contributed by atoms with Gasteiger partial charge in [-0.15, -0.1) is 0 Å². The molecule has 9 nitrogen and oxygen atoms in total. The van der Waals surface area contributed by atoms with Crippen LogP contribution in [0.5, 0.6) is 0 Å². The van der Waals surface area contributed by atoms with Gasteiger partial charge in [0.15, 0.2) is 12.3 Å². The van der Waals surface area contributed by atoms with E-state index in [-0.39, 0.29) is 23.7 Å². The van der Waals surface area contributed by atoms with Crippen molar-refractivity contribution in [3.63, 3.8) is 0 Å². The van der Waals surface area contributed by atoms with E-state index in [1.165, 1.54) is 26.2 Å². The van der Waals surface area contributed by atoms with Gasteiger partial charge in [-0.05, 0) is 25.1 Å². The van der Waals surface area contributed by atoms with Crippen LogP contribution in [-0.2, 0) is 21.4 Å². The quantitative estimate of drug-likeness (QED) is 0.732. The van der Waals surface area contributed by atoms with Gasteiger partial charge in [0.1, 0.15) is 0 Å². The molecule has 142 valence electrons. The van der Waals surface area contributed by atoms with Crippen molar-refractivity contribution in [1.82, 2.24) is 14.7 Å². The molecule has 0 aliphatic heterocycles. The molecule has 1 aromatic heterocycles. The molecule has 0 atom stereocenters. The van der Waals surface area contributed by atoms with E-state index in [1.807, 2.05) is 19.1 Å². The first-order chi connectivity index (χ1) is 12.8. The topological polar surface area (TPSA) is 111 Å². The number of amides is 2. The number of aryl methyl sites for hydroxylation is 2. The fraction of sp³-hybridized carbons (Fsp3) is 0.278. The smallest absolute Gasteiger partial charge is 0.359 e. The van der Waals surface area contributed by atoms with Crippen molar-refractivity contribution >= 4 is 23.5 Å². The predicted molar refractivity (Wildman–Crippen MR) is 97.2 cm³/mol. The molecule has 0 aliphatic rings. The largest absolute Gasteiger partial charge is 0.451 e. The van der Waals surface area contributed by atoms with Crippen LogP contribution >= 0.6 is 0 Å². The maximum absolute atomic E-state index is 12.0. The molecular formula is C18H20N4O5. The number of nitrogens with one attached hydrogen (secondary N) is 1. The van der Waals surface area contributed by atoms with E-state index in [9.17, 15) is 19.2 Å². The van der Waals surface area contributed by atoms with E-state index in [0.717, 1.165) is 15.1 Å². The zero-order valence-corrected chi connectivity index (χ0v) is 15.3. The lowest BCUT2D eigenvalue weighted by Crippen LogP contribution is -2.37. The zero-order valence-electron chi connectivity index (χ0n) is 15.3. The summed E-state index contributed by atoms with van der Waals surface area (Å²) >= 11 is 0. The third-order valence-electron chi connectivity index (χ3n) is 3.64. The summed E-state index contributed by atoms with van der Waals surface area (Å²) in [6.45, 7) is 1.20. The highest BCUT2D eigenvalue weighted by molar-refractivity contribution is 5.95. The molecule has 0 aliphatic carbocycles. The number of benzene rings is 1. The van der Waals surface area contributed by atoms with Crippen molar-refractivity contribution in [3.05, 3.63) is 58.0 Å². The van der Waals surface area contributed by atoms with Crippen molar-refractivity contribution < 1.29 is 19.1 Å². The predicted octanol–water partition coefficient (Wildman–Crippen LogP) is 0.343. The lowest BCUT2D eigenvalue weighted by Gasteiger charge is -2.16. The second-order valence-electron chi connectivity index (χ2n) is 5.92. The van der Waals surface area contributed by atoms with Crippen LogP contribution in [0.25, 0.3) is 0 Å². The van der Waals surface area contributed by atoms with Crippen LogP contribution in [0.1, 0.15) is 16.1 Å². The van der Waals surface area contributed by atoms with Crippen LogP contribution in [0, 0.1) is 6.92 Å². The number of carbonyl (C=O) groups is 3. The number of nitrogens with zero attached hydrogens (tertiary/aromatic N) is 3. The molecule has 1 aromatic carbocycles.